The summed E-state index contributed by atoms with van der Waals surface area (Å²) in [5.41, 5.74) is 1.03. The number of hydrogen-bond donors (Lipinski definition) is 0. The number of hydrogen-bond acceptors (Lipinski definition) is 2. The molecule has 0 aliphatic heterocycles. The van der Waals surface area contributed by atoms with Gasteiger partial charge in [0.25, 0.3) is 0 Å². The molecule has 3 heteroatoms. The van der Waals surface area contributed by atoms with Crippen LogP contribution in [0.3, 0.4) is 0 Å². The van der Waals surface area contributed by atoms with Crippen molar-refractivity contribution in [2.24, 2.45) is 0 Å². The van der Waals surface area contributed by atoms with E-state index in [2.05, 4.69) is 0 Å². The lowest BCUT2D eigenvalue weighted by molar-refractivity contribution is -0.116. The molecule has 0 radical (unpaired) electrons. The molecule has 0 fully saturated rings. The Kier molecular flexibility index (Phi) is 3.82. The van der Waals surface area contributed by atoms with E-state index in [0.717, 1.165) is 15.5 Å². The van der Waals surface area contributed by atoms with Gasteiger partial charge in [0.15, 0.2) is 0 Å². The van der Waals surface area contributed by atoms with Crippen molar-refractivity contribution in [3.63, 3.8) is 0 Å². The van der Waals surface area contributed by atoms with Gasteiger partial charge in [-0.15, -0.1) is 11.8 Å². The summed E-state index contributed by atoms with van der Waals surface area (Å²) in [6, 6.07) is 5.70. The van der Waals surface area contributed by atoms with Gasteiger partial charge in [-0.3, -0.25) is 4.79 Å². The second-order valence-corrected chi connectivity index (χ2v) is 4.10. The zero-order valence-corrected chi connectivity index (χ0v) is 9.21. The van der Waals surface area contributed by atoms with E-state index in [1.54, 1.807) is 18.7 Å². The SMILES string of the molecule is CSc1cc(CC(C)=O)ccc1Cl. The first-order chi connectivity index (χ1) is 6.13. The minimum atomic E-state index is 0.175. The monoisotopic (exact) mass is 214 g/mol. The standard InChI is InChI=1S/C10H11ClOS/c1-7(12)5-8-3-4-9(11)10(6-8)13-2/h3-4,6H,5H2,1-2H3. The predicted octanol–water partition coefficient (Wildman–Crippen LogP) is 3.19. The molecule has 13 heavy (non-hydrogen) atoms. The molecule has 0 aliphatic carbocycles. The minimum Gasteiger partial charge on any atom is -0.300 e. The summed E-state index contributed by atoms with van der Waals surface area (Å²) in [7, 11) is 0. The number of carbonyl (C=O) groups is 1. The van der Waals surface area contributed by atoms with Gasteiger partial charge in [-0.25, -0.2) is 0 Å². The highest BCUT2D eigenvalue weighted by Crippen LogP contribution is 2.26. The predicted molar refractivity (Wildman–Crippen MR) is 57.6 cm³/mol. The third kappa shape index (κ3) is 3.05. The Morgan fingerprint density at radius 2 is 2.23 bits per heavy atom. The number of carbonyl (C=O) groups excluding carboxylic acids is 1. The summed E-state index contributed by atoms with van der Waals surface area (Å²) in [5.74, 6) is 0.175. The van der Waals surface area contributed by atoms with Crippen LogP contribution in [0.25, 0.3) is 0 Å². The Morgan fingerprint density at radius 1 is 1.54 bits per heavy atom. The van der Waals surface area contributed by atoms with Crippen LogP contribution in [0.2, 0.25) is 5.02 Å². The van der Waals surface area contributed by atoms with Crippen LogP contribution in [0.15, 0.2) is 23.1 Å². The molecule has 0 spiro atoms. The summed E-state index contributed by atoms with van der Waals surface area (Å²) in [5, 5.41) is 0.750. The van der Waals surface area contributed by atoms with E-state index in [1.165, 1.54) is 0 Å². The summed E-state index contributed by atoms with van der Waals surface area (Å²) < 4.78 is 0. The highest BCUT2D eigenvalue weighted by molar-refractivity contribution is 7.98. The molecule has 70 valence electrons. The van der Waals surface area contributed by atoms with Crippen LogP contribution in [0.5, 0.6) is 0 Å². The van der Waals surface area contributed by atoms with Crippen molar-refractivity contribution in [3.8, 4) is 0 Å². The van der Waals surface area contributed by atoms with Crippen LogP contribution in [-0.2, 0) is 11.2 Å². The largest absolute Gasteiger partial charge is 0.300 e. The Hall–Kier alpha value is -0.470. The molecule has 0 heterocycles. The van der Waals surface area contributed by atoms with E-state index in [-0.39, 0.29) is 5.78 Å². The summed E-state index contributed by atoms with van der Waals surface area (Å²) in [4.78, 5) is 11.9. The average Bonchev–Trinajstić information content (AvgIpc) is 2.07. The molecule has 1 aromatic carbocycles. The molecule has 0 aliphatic rings. The number of ketones is 1. The Balaban J connectivity index is 2.92. The van der Waals surface area contributed by atoms with Gasteiger partial charge in [0.2, 0.25) is 0 Å². The number of rotatable bonds is 3. The molecule has 1 nitrogen and oxygen atoms in total. The third-order valence-corrected chi connectivity index (χ3v) is 2.89. The molecular formula is C10H11ClOS. The summed E-state index contributed by atoms with van der Waals surface area (Å²) in [6.07, 6.45) is 2.46. The second-order valence-electron chi connectivity index (χ2n) is 2.85. The molecule has 0 saturated carbocycles. The summed E-state index contributed by atoms with van der Waals surface area (Å²) in [6.45, 7) is 1.59. The number of Topliss-reactive ketones (excluding diaryl/α,β-unsaturated/α-hetero) is 1. The van der Waals surface area contributed by atoms with Gasteiger partial charge in [-0.1, -0.05) is 17.7 Å². The third-order valence-electron chi connectivity index (χ3n) is 1.67. The maximum absolute atomic E-state index is 10.9. The smallest absolute Gasteiger partial charge is 0.134 e. The van der Waals surface area contributed by atoms with Crippen molar-refractivity contribution in [3.05, 3.63) is 28.8 Å². The van der Waals surface area contributed by atoms with E-state index in [0.29, 0.717) is 6.42 Å². The molecule has 1 aromatic rings. The fraction of sp³-hybridized carbons (Fsp3) is 0.300. The highest BCUT2D eigenvalue weighted by atomic mass is 35.5. The number of benzene rings is 1. The first-order valence-corrected chi connectivity index (χ1v) is 5.55. The van der Waals surface area contributed by atoms with Crippen molar-refractivity contribution < 1.29 is 4.79 Å². The maximum Gasteiger partial charge on any atom is 0.134 e. The van der Waals surface area contributed by atoms with Gasteiger partial charge >= 0.3 is 0 Å². The molecule has 0 bridgehead atoms. The van der Waals surface area contributed by atoms with Gasteiger partial charge < -0.3 is 0 Å². The molecule has 0 saturated heterocycles. The van der Waals surface area contributed by atoms with E-state index in [4.69, 9.17) is 11.6 Å². The van der Waals surface area contributed by atoms with Gasteiger partial charge in [-0.2, -0.15) is 0 Å². The van der Waals surface area contributed by atoms with Crippen LogP contribution in [0, 0.1) is 0 Å². The quantitative estimate of drug-likeness (QED) is 0.719. The molecule has 0 atom stereocenters. The van der Waals surface area contributed by atoms with Crippen LogP contribution in [0.4, 0.5) is 0 Å². The molecule has 0 amide bonds. The topological polar surface area (TPSA) is 17.1 Å². The first kappa shape index (κ1) is 10.6. The van der Waals surface area contributed by atoms with E-state index < -0.39 is 0 Å². The molecular weight excluding hydrogens is 204 g/mol. The summed E-state index contributed by atoms with van der Waals surface area (Å²) >= 11 is 7.52. The van der Waals surface area contributed by atoms with Crippen molar-refractivity contribution >= 4 is 29.1 Å². The van der Waals surface area contributed by atoms with Crippen LogP contribution < -0.4 is 0 Å². The second kappa shape index (κ2) is 4.68. The number of halogens is 1. The minimum absolute atomic E-state index is 0.175. The highest BCUT2D eigenvalue weighted by Gasteiger charge is 2.02. The lowest BCUT2D eigenvalue weighted by Gasteiger charge is -2.03. The first-order valence-electron chi connectivity index (χ1n) is 3.95. The van der Waals surface area contributed by atoms with Crippen LogP contribution in [0.1, 0.15) is 12.5 Å². The molecule has 0 N–H and O–H groups in total. The zero-order chi connectivity index (χ0) is 9.84. The number of thioether (sulfide) groups is 1. The Bertz CT molecular complexity index is 323. The normalized spacial score (nSPS) is 10.1. The van der Waals surface area contributed by atoms with Crippen LogP contribution >= 0.6 is 23.4 Å². The molecule has 0 aromatic heterocycles. The lowest BCUT2D eigenvalue weighted by Crippen LogP contribution is -1.96. The Morgan fingerprint density at radius 3 is 2.77 bits per heavy atom. The fourth-order valence-corrected chi connectivity index (χ4v) is 1.98. The van der Waals surface area contributed by atoms with Gasteiger partial charge in [0.1, 0.15) is 5.78 Å². The van der Waals surface area contributed by atoms with Crippen LogP contribution in [-0.4, -0.2) is 12.0 Å². The van der Waals surface area contributed by atoms with Crippen molar-refractivity contribution in [1.29, 1.82) is 0 Å². The van der Waals surface area contributed by atoms with Crippen molar-refractivity contribution in [1.82, 2.24) is 0 Å². The van der Waals surface area contributed by atoms with Gasteiger partial charge in [0.05, 0.1) is 5.02 Å². The maximum atomic E-state index is 10.9. The van der Waals surface area contributed by atoms with Gasteiger partial charge in [0, 0.05) is 11.3 Å². The van der Waals surface area contributed by atoms with Crippen molar-refractivity contribution in [2.75, 3.05) is 6.26 Å². The fourth-order valence-electron chi connectivity index (χ4n) is 1.10. The van der Waals surface area contributed by atoms with Gasteiger partial charge in [-0.05, 0) is 30.9 Å². The Labute approximate surface area is 87.5 Å². The molecule has 1 rings (SSSR count). The average molecular weight is 215 g/mol. The van der Waals surface area contributed by atoms with Crippen molar-refractivity contribution in [2.45, 2.75) is 18.2 Å². The van der Waals surface area contributed by atoms with E-state index in [1.807, 2.05) is 24.5 Å². The van der Waals surface area contributed by atoms with E-state index >= 15 is 0 Å². The van der Waals surface area contributed by atoms with E-state index in [9.17, 15) is 4.79 Å². The lowest BCUT2D eigenvalue weighted by atomic mass is 10.1. The zero-order valence-electron chi connectivity index (χ0n) is 7.63. The molecule has 0 unspecified atom stereocenters.